The molecule has 1 saturated heterocycles. The highest BCUT2D eigenvalue weighted by molar-refractivity contribution is 5.79. The van der Waals surface area contributed by atoms with Crippen molar-refractivity contribution in [2.24, 2.45) is 50.7 Å². The van der Waals surface area contributed by atoms with Crippen LogP contribution in [0.25, 0.3) is 0 Å². The van der Waals surface area contributed by atoms with Crippen LogP contribution in [-0.2, 0) is 14.3 Å². The second-order valence-electron chi connectivity index (χ2n) is 17.5. The first kappa shape index (κ1) is 35.7. The molecule has 0 aromatic carbocycles. The van der Waals surface area contributed by atoms with E-state index in [-0.39, 0.29) is 35.2 Å². The first-order valence-electron chi connectivity index (χ1n) is 17.7. The number of fused-ring (bicyclic) bond motifs is 7. The molecule has 11 nitrogen and oxygen atoms in total. The van der Waals surface area contributed by atoms with Crippen molar-refractivity contribution in [3.05, 3.63) is 11.6 Å². The summed E-state index contributed by atoms with van der Waals surface area (Å²) in [6.07, 6.45) is -2.75. The normalized spacial score (nSPS) is 57.5. The minimum atomic E-state index is -1.72. The van der Waals surface area contributed by atoms with Crippen LogP contribution in [0.2, 0.25) is 0 Å². The van der Waals surface area contributed by atoms with E-state index < -0.39 is 83.3 Å². The van der Waals surface area contributed by atoms with Gasteiger partial charge in [-0.05, 0) is 92.3 Å². The molecule has 1 aliphatic heterocycles. The Bertz CT molecular complexity index is 1270. The lowest BCUT2D eigenvalue weighted by Gasteiger charge is -2.72. The van der Waals surface area contributed by atoms with E-state index in [9.17, 15) is 45.6 Å². The van der Waals surface area contributed by atoms with E-state index in [0.29, 0.717) is 38.5 Å². The highest BCUT2D eigenvalue weighted by Crippen LogP contribution is 2.76. The molecule has 17 atom stereocenters. The van der Waals surface area contributed by atoms with Crippen molar-refractivity contribution >= 4 is 5.97 Å². The highest BCUT2D eigenvalue weighted by Gasteiger charge is 2.72. The lowest BCUT2D eigenvalue weighted by molar-refractivity contribution is -0.299. The molecule has 11 heteroatoms. The average molecular weight is 667 g/mol. The summed E-state index contributed by atoms with van der Waals surface area (Å²) >= 11 is 0. The molecule has 0 aromatic rings. The smallest absolute Gasteiger partial charge is 0.315 e. The number of carbonyl (C=O) groups excluding carboxylic acids is 1. The summed E-state index contributed by atoms with van der Waals surface area (Å²) in [4.78, 5) is 14.5. The summed E-state index contributed by atoms with van der Waals surface area (Å²) in [7, 11) is 0. The fourth-order valence-corrected chi connectivity index (χ4v) is 12.4. The van der Waals surface area contributed by atoms with Gasteiger partial charge in [-0.2, -0.15) is 0 Å². The third kappa shape index (κ3) is 4.60. The fourth-order valence-electron chi connectivity index (χ4n) is 12.4. The number of rotatable bonds is 4. The summed E-state index contributed by atoms with van der Waals surface area (Å²) < 4.78 is 11.4. The molecule has 8 N–H and O–H groups in total. The summed E-state index contributed by atoms with van der Waals surface area (Å²) in [5, 5.41) is 86.2. The molecule has 0 bridgehead atoms. The van der Waals surface area contributed by atoms with Crippen LogP contribution in [0, 0.1) is 50.7 Å². The van der Waals surface area contributed by atoms with E-state index in [4.69, 9.17) is 9.47 Å². The van der Waals surface area contributed by atoms with Crippen LogP contribution in [0.5, 0.6) is 0 Å². The maximum atomic E-state index is 14.5. The minimum absolute atomic E-state index is 0.00373. The number of ether oxygens (including phenoxy) is 2. The van der Waals surface area contributed by atoms with Gasteiger partial charge >= 0.3 is 5.97 Å². The first-order valence-corrected chi connectivity index (χ1v) is 17.7. The van der Waals surface area contributed by atoms with Crippen molar-refractivity contribution in [3.8, 4) is 0 Å². The van der Waals surface area contributed by atoms with Gasteiger partial charge in [0.2, 0.25) is 6.29 Å². The van der Waals surface area contributed by atoms with Crippen LogP contribution in [0.1, 0.15) is 92.9 Å². The number of carbonyl (C=O) groups is 1. The second-order valence-corrected chi connectivity index (χ2v) is 17.5. The molecule has 0 amide bonds. The lowest BCUT2D eigenvalue weighted by Crippen LogP contribution is -2.69. The predicted molar refractivity (Wildman–Crippen MR) is 169 cm³/mol. The lowest BCUT2D eigenvalue weighted by atomic mass is 9.33. The number of esters is 1. The van der Waals surface area contributed by atoms with Crippen LogP contribution in [0.3, 0.4) is 0 Å². The Balaban J connectivity index is 1.40. The van der Waals surface area contributed by atoms with Gasteiger partial charge in [-0.1, -0.05) is 46.3 Å². The number of hydrogen-bond acceptors (Lipinski definition) is 11. The Hall–Kier alpha value is -1.15. The number of aliphatic hydroxyl groups excluding tert-OH is 7. The van der Waals surface area contributed by atoms with Gasteiger partial charge in [-0.15, -0.1) is 0 Å². The van der Waals surface area contributed by atoms with E-state index in [1.165, 1.54) is 0 Å². The molecule has 0 aromatic heterocycles. The third-order valence-corrected chi connectivity index (χ3v) is 15.6. The predicted octanol–water partition coefficient (Wildman–Crippen LogP) is 1.41. The van der Waals surface area contributed by atoms with E-state index in [1.54, 1.807) is 0 Å². The molecule has 5 aliphatic carbocycles. The molecule has 0 radical (unpaired) electrons. The van der Waals surface area contributed by atoms with Crippen molar-refractivity contribution < 1.29 is 55.1 Å². The van der Waals surface area contributed by atoms with Gasteiger partial charge in [0.15, 0.2) is 0 Å². The molecule has 6 rings (SSSR count). The van der Waals surface area contributed by atoms with Gasteiger partial charge in [-0.3, -0.25) is 4.79 Å². The summed E-state index contributed by atoms with van der Waals surface area (Å²) in [5.74, 6) is -1.23. The molecule has 0 unspecified atom stereocenters. The topological polar surface area (TPSA) is 197 Å². The Morgan fingerprint density at radius 3 is 2.23 bits per heavy atom. The molecule has 0 spiro atoms. The zero-order chi connectivity index (χ0) is 34.7. The van der Waals surface area contributed by atoms with Gasteiger partial charge in [0, 0.05) is 11.3 Å². The van der Waals surface area contributed by atoms with Crippen LogP contribution in [-0.4, -0.2) is 109 Å². The quantitative estimate of drug-likeness (QED) is 0.160. The Morgan fingerprint density at radius 2 is 1.60 bits per heavy atom. The van der Waals surface area contributed by atoms with Crippen molar-refractivity contribution in [1.29, 1.82) is 0 Å². The maximum Gasteiger partial charge on any atom is 0.315 e. The largest absolute Gasteiger partial charge is 0.432 e. The maximum absolute atomic E-state index is 14.5. The number of aliphatic hydroxyl groups is 8. The summed E-state index contributed by atoms with van der Waals surface area (Å²) in [6.45, 7) is 11.6. The third-order valence-electron chi connectivity index (χ3n) is 15.6. The zero-order valence-electron chi connectivity index (χ0n) is 28.8. The zero-order valence-corrected chi connectivity index (χ0v) is 28.8. The monoisotopic (exact) mass is 666 g/mol. The molecular weight excluding hydrogens is 608 g/mol. The molecular formula is C36H58O11. The molecule has 47 heavy (non-hydrogen) atoms. The molecule has 268 valence electrons. The van der Waals surface area contributed by atoms with E-state index in [1.807, 2.05) is 20.8 Å². The summed E-state index contributed by atoms with van der Waals surface area (Å²) in [5.41, 5.74) is -3.27. The molecule has 6 aliphatic rings. The van der Waals surface area contributed by atoms with E-state index >= 15 is 0 Å². The molecule has 4 saturated carbocycles. The van der Waals surface area contributed by atoms with Gasteiger partial charge in [0.25, 0.3) is 0 Å². The van der Waals surface area contributed by atoms with Crippen molar-refractivity contribution in [1.82, 2.24) is 0 Å². The Labute approximate surface area is 278 Å². The Kier molecular flexibility index (Phi) is 8.68. The summed E-state index contributed by atoms with van der Waals surface area (Å²) in [6, 6.07) is 0. The van der Waals surface area contributed by atoms with Crippen molar-refractivity contribution in [2.75, 3.05) is 13.2 Å². The van der Waals surface area contributed by atoms with Crippen LogP contribution in [0.4, 0.5) is 0 Å². The van der Waals surface area contributed by atoms with Crippen LogP contribution >= 0.6 is 0 Å². The molecule has 1 heterocycles. The fraction of sp³-hybridized carbons (Fsp3) is 0.917. The Morgan fingerprint density at radius 1 is 0.915 bits per heavy atom. The molecule has 5 fully saturated rings. The second kappa shape index (κ2) is 11.4. The minimum Gasteiger partial charge on any atom is -0.432 e. The van der Waals surface area contributed by atoms with Gasteiger partial charge in [0.1, 0.15) is 24.4 Å². The van der Waals surface area contributed by atoms with Gasteiger partial charge in [0.05, 0.1) is 36.4 Å². The van der Waals surface area contributed by atoms with Crippen LogP contribution < -0.4 is 0 Å². The van der Waals surface area contributed by atoms with E-state index in [0.717, 1.165) is 18.4 Å². The first-order chi connectivity index (χ1) is 21.8. The standard InChI is InChI=1S/C36H58O11/c1-18-9-12-36(30(44)47-29-26(42)25(41)24(40)21(16-37)46-29)14-13-33(4)19(27(36)35(18,6)45)7-8-23-31(2)15-20(39)28(43)32(3,17-38)22(31)10-11-34(23,33)5/h7,18,20-29,37-43,45H,8-17H2,1-6H3/t18-,20+,21+,22+,23-,24-,25-,26-,27-,28-,29+,31-,32-,33-,34+,35+,36+/m1/s1. The number of allylic oxidation sites excluding steroid dienone is 1. The number of hydrogen-bond donors (Lipinski definition) is 8. The highest BCUT2D eigenvalue weighted by atomic mass is 16.7. The van der Waals surface area contributed by atoms with E-state index in [2.05, 4.69) is 26.8 Å². The van der Waals surface area contributed by atoms with Crippen molar-refractivity contribution in [3.63, 3.8) is 0 Å². The average Bonchev–Trinajstić information content (AvgIpc) is 3.02. The SMILES string of the molecule is C[C@@H]1CC[C@]2(C(=O)O[C@@H]3O[C@@H](CO)[C@@H](O)[C@@H](O)[C@H]3O)CC[C@]3(C)C(=CC[C@@H]4[C@]5(C)C[C@H](O)[C@@H](O)[C@](C)(CO)[C@H]5CC[C@@]43C)[C@@H]2[C@@]1(C)O. The van der Waals surface area contributed by atoms with Gasteiger partial charge in [-0.25, -0.2) is 0 Å². The van der Waals surface area contributed by atoms with Gasteiger partial charge < -0.3 is 50.3 Å². The van der Waals surface area contributed by atoms with Crippen LogP contribution in [0.15, 0.2) is 11.6 Å². The van der Waals surface area contributed by atoms with Crippen molar-refractivity contribution in [2.45, 2.75) is 141 Å².